The largest absolute Gasteiger partial charge is 0.406 e. The zero-order valence-corrected chi connectivity index (χ0v) is 10.8. The molecule has 0 saturated heterocycles. The van der Waals surface area contributed by atoms with Crippen molar-refractivity contribution in [1.82, 2.24) is 20.5 Å². The van der Waals surface area contributed by atoms with E-state index in [1.165, 1.54) is 0 Å². The summed E-state index contributed by atoms with van der Waals surface area (Å²) < 4.78 is 5.59. The van der Waals surface area contributed by atoms with Crippen molar-refractivity contribution < 1.29 is 4.42 Å². The first kappa shape index (κ1) is 12.5. The second-order valence-electron chi connectivity index (χ2n) is 4.15. The number of hydrogen-bond acceptors (Lipinski definition) is 6. The fourth-order valence-electron chi connectivity index (χ4n) is 1.51. The molecule has 0 radical (unpaired) electrons. The average Bonchev–Trinajstić information content (AvgIpc) is 2.88. The number of rotatable bonds is 5. The SMILES string of the molecule is CNC(C)c1nnc(N(C)Cc2cccnc2)o1. The summed E-state index contributed by atoms with van der Waals surface area (Å²) in [6.45, 7) is 2.65. The molecule has 1 N–H and O–H groups in total. The molecule has 0 aromatic carbocycles. The Morgan fingerprint density at radius 3 is 2.94 bits per heavy atom. The molecule has 0 spiro atoms. The van der Waals surface area contributed by atoms with Crippen molar-refractivity contribution in [2.45, 2.75) is 19.5 Å². The lowest BCUT2D eigenvalue weighted by Gasteiger charge is -2.13. The van der Waals surface area contributed by atoms with Gasteiger partial charge in [0, 0.05) is 26.0 Å². The number of nitrogens with one attached hydrogen (secondary N) is 1. The van der Waals surface area contributed by atoms with E-state index in [2.05, 4.69) is 20.5 Å². The Morgan fingerprint density at radius 1 is 1.44 bits per heavy atom. The highest BCUT2D eigenvalue weighted by Crippen LogP contribution is 2.17. The molecule has 0 bridgehead atoms. The zero-order chi connectivity index (χ0) is 13.0. The highest BCUT2D eigenvalue weighted by atomic mass is 16.4. The number of anilines is 1. The van der Waals surface area contributed by atoms with E-state index in [4.69, 9.17) is 4.42 Å². The molecule has 96 valence electrons. The van der Waals surface area contributed by atoms with Gasteiger partial charge in [0.15, 0.2) is 0 Å². The Hall–Kier alpha value is -1.95. The van der Waals surface area contributed by atoms with Gasteiger partial charge in [0.1, 0.15) is 0 Å². The summed E-state index contributed by atoms with van der Waals surface area (Å²) in [4.78, 5) is 5.97. The van der Waals surface area contributed by atoms with Crippen molar-refractivity contribution in [3.63, 3.8) is 0 Å². The highest BCUT2D eigenvalue weighted by Gasteiger charge is 2.14. The fraction of sp³-hybridized carbons (Fsp3) is 0.417. The molecule has 0 fully saturated rings. The Balaban J connectivity index is 2.05. The van der Waals surface area contributed by atoms with Crippen LogP contribution in [0.15, 0.2) is 28.9 Å². The molecule has 2 aromatic heterocycles. The van der Waals surface area contributed by atoms with Gasteiger partial charge in [-0.15, -0.1) is 5.10 Å². The van der Waals surface area contributed by atoms with Crippen molar-refractivity contribution in [3.8, 4) is 0 Å². The molecule has 2 rings (SSSR count). The summed E-state index contributed by atoms with van der Waals surface area (Å²) in [5.41, 5.74) is 1.10. The Kier molecular flexibility index (Phi) is 3.88. The van der Waals surface area contributed by atoms with Gasteiger partial charge in [-0.3, -0.25) is 4.98 Å². The molecular formula is C12H17N5O. The van der Waals surface area contributed by atoms with Crippen molar-refractivity contribution >= 4 is 6.01 Å². The van der Waals surface area contributed by atoms with Crippen LogP contribution in [-0.4, -0.2) is 29.3 Å². The van der Waals surface area contributed by atoms with Gasteiger partial charge in [-0.1, -0.05) is 11.2 Å². The van der Waals surface area contributed by atoms with Gasteiger partial charge in [-0.2, -0.15) is 0 Å². The van der Waals surface area contributed by atoms with Crippen LogP contribution in [-0.2, 0) is 6.54 Å². The quantitative estimate of drug-likeness (QED) is 0.861. The van der Waals surface area contributed by atoms with Gasteiger partial charge in [0.25, 0.3) is 0 Å². The van der Waals surface area contributed by atoms with Gasteiger partial charge < -0.3 is 14.6 Å². The number of nitrogens with zero attached hydrogens (tertiary/aromatic N) is 4. The Morgan fingerprint density at radius 2 is 2.28 bits per heavy atom. The number of aromatic nitrogens is 3. The summed E-state index contributed by atoms with van der Waals surface area (Å²) >= 11 is 0. The van der Waals surface area contributed by atoms with Crippen LogP contribution in [0, 0.1) is 0 Å². The maximum Gasteiger partial charge on any atom is 0.318 e. The third-order valence-corrected chi connectivity index (χ3v) is 2.70. The minimum absolute atomic E-state index is 0.0537. The van der Waals surface area contributed by atoms with Crippen molar-refractivity contribution in [1.29, 1.82) is 0 Å². The van der Waals surface area contributed by atoms with E-state index in [0.29, 0.717) is 18.5 Å². The van der Waals surface area contributed by atoms with Crippen LogP contribution in [0.3, 0.4) is 0 Å². The third kappa shape index (κ3) is 2.84. The van der Waals surface area contributed by atoms with Crippen LogP contribution in [0.25, 0.3) is 0 Å². The normalized spacial score (nSPS) is 12.4. The molecule has 0 amide bonds. The smallest absolute Gasteiger partial charge is 0.318 e. The first-order chi connectivity index (χ1) is 8.70. The molecule has 2 heterocycles. The molecule has 6 heteroatoms. The first-order valence-electron chi connectivity index (χ1n) is 5.81. The number of hydrogen-bond donors (Lipinski definition) is 1. The lowest BCUT2D eigenvalue weighted by atomic mass is 10.3. The molecule has 1 atom stereocenters. The van der Waals surface area contributed by atoms with E-state index in [9.17, 15) is 0 Å². The van der Waals surface area contributed by atoms with E-state index in [-0.39, 0.29) is 6.04 Å². The van der Waals surface area contributed by atoms with E-state index in [0.717, 1.165) is 5.56 Å². The van der Waals surface area contributed by atoms with Gasteiger partial charge in [-0.05, 0) is 25.6 Å². The standard InChI is InChI=1S/C12H17N5O/c1-9(13-2)11-15-16-12(18-11)17(3)8-10-5-4-6-14-7-10/h4-7,9,13H,8H2,1-3H3. The predicted molar refractivity (Wildman–Crippen MR) is 68.1 cm³/mol. The lowest BCUT2D eigenvalue weighted by molar-refractivity contribution is 0.432. The summed E-state index contributed by atoms with van der Waals surface area (Å²) in [6.07, 6.45) is 3.58. The van der Waals surface area contributed by atoms with Crippen LogP contribution in [0.2, 0.25) is 0 Å². The maximum absolute atomic E-state index is 5.59. The van der Waals surface area contributed by atoms with E-state index < -0.39 is 0 Å². The maximum atomic E-state index is 5.59. The Bertz CT molecular complexity index is 484. The van der Waals surface area contributed by atoms with Gasteiger partial charge >= 0.3 is 6.01 Å². The van der Waals surface area contributed by atoms with Gasteiger partial charge in [0.2, 0.25) is 5.89 Å². The molecule has 1 unspecified atom stereocenters. The van der Waals surface area contributed by atoms with Crippen LogP contribution < -0.4 is 10.2 Å². The Labute approximate surface area is 106 Å². The predicted octanol–water partition coefficient (Wildman–Crippen LogP) is 1.38. The van der Waals surface area contributed by atoms with Gasteiger partial charge in [-0.25, -0.2) is 0 Å². The van der Waals surface area contributed by atoms with Crippen LogP contribution >= 0.6 is 0 Å². The zero-order valence-electron chi connectivity index (χ0n) is 10.8. The highest BCUT2D eigenvalue weighted by molar-refractivity contribution is 5.25. The van der Waals surface area contributed by atoms with Crippen molar-refractivity contribution in [3.05, 3.63) is 36.0 Å². The molecule has 0 aliphatic carbocycles. The minimum Gasteiger partial charge on any atom is -0.406 e. The number of pyridine rings is 1. The third-order valence-electron chi connectivity index (χ3n) is 2.70. The van der Waals surface area contributed by atoms with E-state index in [1.54, 1.807) is 6.20 Å². The minimum atomic E-state index is 0.0537. The summed E-state index contributed by atoms with van der Waals surface area (Å²) in [5.74, 6) is 0.588. The second kappa shape index (κ2) is 5.59. The van der Waals surface area contributed by atoms with Crippen molar-refractivity contribution in [2.75, 3.05) is 19.0 Å². The molecule has 18 heavy (non-hydrogen) atoms. The van der Waals surface area contributed by atoms with E-state index in [1.807, 2.05) is 44.2 Å². The van der Waals surface area contributed by atoms with Gasteiger partial charge in [0.05, 0.1) is 6.04 Å². The van der Waals surface area contributed by atoms with Crippen molar-refractivity contribution in [2.24, 2.45) is 0 Å². The molecule has 2 aromatic rings. The van der Waals surface area contributed by atoms with Crippen LogP contribution in [0.1, 0.15) is 24.4 Å². The molecule has 0 aliphatic heterocycles. The average molecular weight is 247 g/mol. The topological polar surface area (TPSA) is 67.1 Å². The fourth-order valence-corrected chi connectivity index (χ4v) is 1.51. The molecule has 0 saturated carbocycles. The molecule has 6 nitrogen and oxygen atoms in total. The van der Waals surface area contributed by atoms with Crippen LogP contribution in [0.5, 0.6) is 0 Å². The second-order valence-corrected chi connectivity index (χ2v) is 4.15. The molecule has 0 aliphatic rings. The summed E-state index contributed by atoms with van der Waals surface area (Å²) in [6, 6.07) is 4.48. The lowest BCUT2D eigenvalue weighted by Crippen LogP contribution is -2.16. The van der Waals surface area contributed by atoms with Crippen LogP contribution in [0.4, 0.5) is 6.01 Å². The first-order valence-corrected chi connectivity index (χ1v) is 5.81. The summed E-state index contributed by atoms with van der Waals surface area (Å²) in [5, 5.41) is 11.1. The molecular weight excluding hydrogens is 230 g/mol. The van der Waals surface area contributed by atoms with E-state index >= 15 is 0 Å². The summed E-state index contributed by atoms with van der Waals surface area (Å²) in [7, 11) is 3.77. The monoisotopic (exact) mass is 247 g/mol.